The summed E-state index contributed by atoms with van der Waals surface area (Å²) in [5.74, 6) is -0.248. The number of hydrogen-bond donors (Lipinski definition) is 4. The van der Waals surface area contributed by atoms with Gasteiger partial charge in [-0.15, -0.1) is 0 Å². The molecule has 0 aliphatic carbocycles. The van der Waals surface area contributed by atoms with E-state index in [1.807, 2.05) is 0 Å². The summed E-state index contributed by atoms with van der Waals surface area (Å²) in [6, 6.07) is -0.977. The van der Waals surface area contributed by atoms with E-state index in [-0.39, 0.29) is 12.5 Å². The highest BCUT2D eigenvalue weighted by Crippen LogP contribution is 2.16. The fraction of sp³-hybridized carbons (Fsp3) is 0.889. The van der Waals surface area contributed by atoms with E-state index in [4.69, 9.17) is 5.11 Å². The van der Waals surface area contributed by atoms with Gasteiger partial charge in [0.05, 0.1) is 24.8 Å². The van der Waals surface area contributed by atoms with Gasteiger partial charge in [-0.1, -0.05) is 0 Å². The van der Waals surface area contributed by atoms with Gasteiger partial charge in [-0.25, -0.2) is 0 Å². The zero-order valence-corrected chi connectivity index (χ0v) is 8.92. The number of likely N-dealkylation sites (tertiary alicyclic amines) is 1. The number of nitrogens with zero attached hydrogens (tertiary/aromatic N) is 1. The highest BCUT2D eigenvalue weighted by Gasteiger charge is 2.40. The third-order valence-corrected chi connectivity index (χ3v) is 2.78. The van der Waals surface area contributed by atoms with Crippen molar-refractivity contribution >= 4 is 5.91 Å². The van der Waals surface area contributed by atoms with E-state index >= 15 is 0 Å². The van der Waals surface area contributed by atoms with Crippen molar-refractivity contribution in [3.63, 3.8) is 0 Å². The monoisotopic (exact) mass is 218 g/mol. The van der Waals surface area contributed by atoms with E-state index in [2.05, 4.69) is 5.32 Å². The summed E-state index contributed by atoms with van der Waals surface area (Å²) in [7, 11) is 1.73. The molecule has 1 heterocycles. The van der Waals surface area contributed by atoms with Gasteiger partial charge in [0, 0.05) is 13.5 Å². The van der Waals surface area contributed by atoms with Crippen LogP contribution in [0.4, 0.5) is 0 Å². The molecule has 1 amide bonds. The second kappa shape index (κ2) is 4.89. The molecule has 4 N–H and O–H groups in total. The molecule has 88 valence electrons. The molecule has 0 radical (unpaired) electrons. The maximum atomic E-state index is 10.9. The van der Waals surface area contributed by atoms with Crippen LogP contribution in [0.2, 0.25) is 0 Å². The van der Waals surface area contributed by atoms with Crippen LogP contribution in [-0.4, -0.2) is 70.6 Å². The number of hydrogen-bond acceptors (Lipinski definition) is 5. The van der Waals surface area contributed by atoms with Gasteiger partial charge in [-0.05, 0) is 7.05 Å². The van der Waals surface area contributed by atoms with Crippen LogP contribution in [0.3, 0.4) is 0 Å². The molecule has 0 aromatic rings. The van der Waals surface area contributed by atoms with Crippen LogP contribution in [-0.2, 0) is 4.79 Å². The Balaban J connectivity index is 2.68. The first kappa shape index (κ1) is 12.4. The number of amides is 1. The van der Waals surface area contributed by atoms with Crippen LogP contribution in [0.15, 0.2) is 0 Å². The maximum Gasteiger partial charge on any atom is 0.217 e. The maximum absolute atomic E-state index is 10.9. The SMILES string of the molecule is CC(=O)NC1CN(C)C(CO)[C@@H](O)[C@@H]1O. The molecule has 4 atom stereocenters. The van der Waals surface area contributed by atoms with E-state index in [0.717, 1.165) is 0 Å². The highest BCUT2D eigenvalue weighted by atomic mass is 16.3. The van der Waals surface area contributed by atoms with Crippen molar-refractivity contribution in [3.8, 4) is 0 Å². The average Bonchev–Trinajstić information content (AvgIpc) is 2.14. The van der Waals surface area contributed by atoms with Gasteiger partial charge >= 0.3 is 0 Å². The topological polar surface area (TPSA) is 93.0 Å². The number of carbonyl (C=O) groups excluding carboxylic acids is 1. The molecule has 0 aromatic heterocycles. The van der Waals surface area contributed by atoms with Crippen LogP contribution in [0.5, 0.6) is 0 Å². The van der Waals surface area contributed by atoms with Crippen LogP contribution in [0.1, 0.15) is 6.92 Å². The predicted molar refractivity (Wildman–Crippen MR) is 53.1 cm³/mol. The lowest BCUT2D eigenvalue weighted by molar-refractivity contribution is -0.127. The molecule has 0 aromatic carbocycles. The molecule has 1 fully saturated rings. The predicted octanol–water partition coefficient (Wildman–Crippen LogP) is -2.48. The summed E-state index contributed by atoms with van der Waals surface area (Å²) in [5, 5.41) is 31.0. The van der Waals surface area contributed by atoms with Gasteiger partial charge < -0.3 is 20.6 Å². The Hall–Kier alpha value is -0.690. The fourth-order valence-electron chi connectivity index (χ4n) is 1.92. The van der Waals surface area contributed by atoms with Gasteiger partial charge in [0.1, 0.15) is 6.10 Å². The summed E-state index contributed by atoms with van der Waals surface area (Å²) in [4.78, 5) is 12.6. The molecule has 0 bridgehead atoms. The van der Waals surface area contributed by atoms with E-state index in [0.29, 0.717) is 6.54 Å². The Bertz CT molecular complexity index is 236. The number of rotatable bonds is 2. The van der Waals surface area contributed by atoms with Gasteiger partial charge in [0.2, 0.25) is 5.91 Å². The summed E-state index contributed by atoms with van der Waals surface area (Å²) >= 11 is 0. The molecular weight excluding hydrogens is 200 g/mol. The Kier molecular flexibility index (Phi) is 4.04. The van der Waals surface area contributed by atoms with Crippen molar-refractivity contribution in [2.45, 2.75) is 31.2 Å². The molecule has 1 saturated heterocycles. The van der Waals surface area contributed by atoms with E-state index in [1.54, 1.807) is 11.9 Å². The Morgan fingerprint density at radius 2 is 2.07 bits per heavy atom. The molecule has 1 rings (SSSR count). The minimum absolute atomic E-state index is 0.221. The van der Waals surface area contributed by atoms with Gasteiger partial charge in [-0.2, -0.15) is 0 Å². The fourth-order valence-corrected chi connectivity index (χ4v) is 1.92. The van der Waals surface area contributed by atoms with Crippen molar-refractivity contribution in [2.24, 2.45) is 0 Å². The molecule has 0 saturated carbocycles. The zero-order chi connectivity index (χ0) is 11.6. The minimum atomic E-state index is -1.05. The standard InChI is InChI=1S/C9H18N2O4/c1-5(13)10-6-3-11(2)7(4-12)9(15)8(6)14/h6-9,12,14-15H,3-4H2,1-2H3,(H,10,13)/t6?,7?,8-,9-/m1/s1. The number of piperidine rings is 1. The highest BCUT2D eigenvalue weighted by molar-refractivity contribution is 5.73. The summed E-state index contributed by atoms with van der Waals surface area (Å²) in [6.07, 6.45) is -2.09. The third kappa shape index (κ3) is 2.66. The lowest BCUT2D eigenvalue weighted by atomic mass is 9.93. The molecule has 0 spiro atoms. The van der Waals surface area contributed by atoms with Gasteiger partial charge in [-0.3, -0.25) is 9.69 Å². The largest absolute Gasteiger partial charge is 0.395 e. The van der Waals surface area contributed by atoms with Crippen LogP contribution < -0.4 is 5.32 Å². The molecule has 1 aliphatic heterocycles. The summed E-state index contributed by atoms with van der Waals surface area (Å²) in [6.45, 7) is 1.54. The smallest absolute Gasteiger partial charge is 0.217 e. The number of likely N-dealkylation sites (N-methyl/N-ethyl adjacent to an activating group) is 1. The molecule has 15 heavy (non-hydrogen) atoms. The Morgan fingerprint density at radius 3 is 2.53 bits per heavy atom. The Labute approximate surface area is 88.5 Å². The van der Waals surface area contributed by atoms with Crippen molar-refractivity contribution in [1.29, 1.82) is 0 Å². The second-order valence-corrected chi connectivity index (χ2v) is 3.98. The van der Waals surface area contributed by atoms with Crippen molar-refractivity contribution in [1.82, 2.24) is 10.2 Å². The molecule has 1 aliphatic rings. The second-order valence-electron chi connectivity index (χ2n) is 3.98. The average molecular weight is 218 g/mol. The first-order chi connectivity index (χ1) is 6.97. The molecule has 2 unspecified atom stereocenters. The first-order valence-electron chi connectivity index (χ1n) is 4.91. The van der Waals surface area contributed by atoms with E-state index < -0.39 is 24.3 Å². The van der Waals surface area contributed by atoms with Gasteiger partial charge in [0.25, 0.3) is 0 Å². The number of nitrogens with one attached hydrogen (secondary N) is 1. The normalized spacial score (nSPS) is 37.7. The van der Waals surface area contributed by atoms with Gasteiger partial charge in [0.15, 0.2) is 0 Å². The molecule has 6 heteroatoms. The Morgan fingerprint density at radius 1 is 1.47 bits per heavy atom. The van der Waals surface area contributed by atoms with Crippen molar-refractivity contribution in [3.05, 3.63) is 0 Å². The third-order valence-electron chi connectivity index (χ3n) is 2.78. The number of aliphatic hydroxyl groups is 3. The summed E-state index contributed by atoms with van der Waals surface area (Å²) < 4.78 is 0. The van der Waals surface area contributed by atoms with Crippen molar-refractivity contribution < 1.29 is 20.1 Å². The zero-order valence-electron chi connectivity index (χ0n) is 8.92. The quantitative estimate of drug-likeness (QED) is 0.412. The van der Waals surface area contributed by atoms with E-state index in [1.165, 1.54) is 6.92 Å². The van der Waals surface area contributed by atoms with E-state index in [9.17, 15) is 15.0 Å². The minimum Gasteiger partial charge on any atom is -0.395 e. The number of carbonyl (C=O) groups is 1. The first-order valence-corrected chi connectivity index (χ1v) is 4.91. The lowest BCUT2D eigenvalue weighted by Crippen LogP contribution is -2.65. The van der Waals surface area contributed by atoms with Crippen LogP contribution >= 0.6 is 0 Å². The van der Waals surface area contributed by atoms with Crippen molar-refractivity contribution in [2.75, 3.05) is 20.2 Å². The molecule has 6 nitrogen and oxygen atoms in total. The molecular formula is C9H18N2O4. The van der Waals surface area contributed by atoms with Crippen LogP contribution in [0.25, 0.3) is 0 Å². The number of aliphatic hydroxyl groups excluding tert-OH is 3. The summed E-state index contributed by atoms with van der Waals surface area (Å²) in [5.41, 5.74) is 0. The lowest BCUT2D eigenvalue weighted by Gasteiger charge is -2.43. The van der Waals surface area contributed by atoms with Crippen LogP contribution in [0, 0.1) is 0 Å².